The normalized spacial score (nSPS) is 14.9. The lowest BCUT2D eigenvalue weighted by Gasteiger charge is -2.28. The minimum absolute atomic E-state index is 0.328. The van der Waals surface area contributed by atoms with Crippen LogP contribution in [0.1, 0.15) is 20.3 Å². The van der Waals surface area contributed by atoms with Crippen molar-refractivity contribution in [3.63, 3.8) is 0 Å². The number of benzene rings is 1. The highest BCUT2D eigenvalue weighted by Crippen LogP contribution is 2.27. The van der Waals surface area contributed by atoms with Crippen LogP contribution < -0.4 is 10.5 Å². The van der Waals surface area contributed by atoms with Crippen LogP contribution in [0.2, 0.25) is 5.02 Å². The van der Waals surface area contributed by atoms with Crippen molar-refractivity contribution in [1.29, 1.82) is 0 Å². The smallest absolute Gasteiger partial charge is 0.138 e. The Morgan fingerprint density at radius 3 is 2.57 bits per heavy atom. The van der Waals surface area contributed by atoms with Crippen molar-refractivity contribution in [1.82, 2.24) is 0 Å². The maximum atomic E-state index is 5.98. The number of halogens is 1. The Kier molecular flexibility index (Phi) is 3.78. The third-order valence-corrected chi connectivity index (χ3v) is 2.68. The maximum Gasteiger partial charge on any atom is 0.138 e. The van der Waals surface area contributed by atoms with E-state index in [1.165, 1.54) is 0 Å². The first kappa shape index (κ1) is 11.3. The molecule has 1 unspecified atom stereocenters. The fourth-order valence-corrected chi connectivity index (χ4v) is 1.23. The molecule has 0 radical (unpaired) electrons. The standard InChI is InChI=1S/C11H16ClNO/c1-3-11(2,8-13)14-10-7-5-4-6-9(10)12/h4-7H,3,8,13H2,1-2H3. The van der Waals surface area contributed by atoms with Gasteiger partial charge in [0.15, 0.2) is 0 Å². The molecule has 0 fully saturated rings. The maximum absolute atomic E-state index is 5.98. The highest BCUT2D eigenvalue weighted by molar-refractivity contribution is 6.32. The fraction of sp³-hybridized carbons (Fsp3) is 0.455. The third kappa shape index (κ3) is 2.63. The first-order valence-corrected chi connectivity index (χ1v) is 5.13. The van der Waals surface area contributed by atoms with Gasteiger partial charge in [0.25, 0.3) is 0 Å². The van der Waals surface area contributed by atoms with Crippen molar-refractivity contribution < 1.29 is 4.74 Å². The number of nitrogens with two attached hydrogens (primary N) is 1. The van der Waals surface area contributed by atoms with Gasteiger partial charge in [-0.3, -0.25) is 0 Å². The largest absolute Gasteiger partial charge is 0.485 e. The van der Waals surface area contributed by atoms with E-state index in [0.29, 0.717) is 17.3 Å². The molecule has 78 valence electrons. The van der Waals surface area contributed by atoms with Crippen LogP contribution in [-0.2, 0) is 0 Å². The molecule has 0 aromatic heterocycles. The summed E-state index contributed by atoms with van der Waals surface area (Å²) in [5, 5.41) is 0.626. The zero-order valence-electron chi connectivity index (χ0n) is 8.59. The molecule has 2 N–H and O–H groups in total. The molecule has 0 aliphatic carbocycles. The minimum Gasteiger partial charge on any atom is -0.485 e. The van der Waals surface area contributed by atoms with Gasteiger partial charge in [0.2, 0.25) is 0 Å². The van der Waals surface area contributed by atoms with Crippen molar-refractivity contribution in [3.05, 3.63) is 29.3 Å². The molecular weight excluding hydrogens is 198 g/mol. The fourth-order valence-electron chi connectivity index (χ4n) is 1.05. The van der Waals surface area contributed by atoms with E-state index >= 15 is 0 Å². The summed E-state index contributed by atoms with van der Waals surface area (Å²) in [6.07, 6.45) is 0.856. The van der Waals surface area contributed by atoms with E-state index in [9.17, 15) is 0 Å². The van der Waals surface area contributed by atoms with Gasteiger partial charge in [0, 0.05) is 6.54 Å². The third-order valence-electron chi connectivity index (χ3n) is 2.37. The van der Waals surface area contributed by atoms with Crippen molar-refractivity contribution >= 4 is 11.6 Å². The number of hydrogen-bond donors (Lipinski definition) is 1. The van der Waals surface area contributed by atoms with Gasteiger partial charge in [0.05, 0.1) is 5.02 Å². The zero-order chi connectivity index (χ0) is 10.6. The lowest BCUT2D eigenvalue weighted by atomic mass is 10.0. The summed E-state index contributed by atoms with van der Waals surface area (Å²) in [6, 6.07) is 7.43. The van der Waals surface area contributed by atoms with Crippen LogP contribution in [0.5, 0.6) is 5.75 Å². The molecule has 14 heavy (non-hydrogen) atoms. The van der Waals surface area contributed by atoms with Gasteiger partial charge in [-0.25, -0.2) is 0 Å². The molecule has 0 spiro atoms. The topological polar surface area (TPSA) is 35.2 Å². The van der Waals surface area contributed by atoms with Gasteiger partial charge in [0.1, 0.15) is 11.4 Å². The number of para-hydroxylation sites is 1. The van der Waals surface area contributed by atoms with Crippen molar-refractivity contribution in [2.75, 3.05) is 6.54 Å². The second-order valence-corrected chi connectivity index (χ2v) is 3.95. The van der Waals surface area contributed by atoms with E-state index in [1.54, 1.807) is 0 Å². The van der Waals surface area contributed by atoms with E-state index in [4.69, 9.17) is 22.1 Å². The predicted octanol–water partition coefficient (Wildman–Crippen LogP) is 2.85. The van der Waals surface area contributed by atoms with E-state index in [1.807, 2.05) is 38.1 Å². The first-order valence-electron chi connectivity index (χ1n) is 4.75. The summed E-state index contributed by atoms with van der Waals surface area (Å²) in [5.74, 6) is 0.698. The van der Waals surface area contributed by atoms with Gasteiger partial charge in [-0.05, 0) is 25.5 Å². The van der Waals surface area contributed by atoms with Gasteiger partial charge >= 0.3 is 0 Å². The highest BCUT2D eigenvalue weighted by Gasteiger charge is 2.22. The van der Waals surface area contributed by atoms with Crippen LogP contribution in [0.25, 0.3) is 0 Å². The molecular formula is C11H16ClNO. The lowest BCUT2D eigenvalue weighted by Crippen LogP contribution is -2.39. The Morgan fingerprint density at radius 2 is 2.07 bits per heavy atom. The van der Waals surface area contributed by atoms with Gasteiger partial charge in [-0.15, -0.1) is 0 Å². The van der Waals surface area contributed by atoms with Crippen LogP contribution in [0.15, 0.2) is 24.3 Å². The number of ether oxygens (including phenoxy) is 1. The Labute approximate surface area is 90.0 Å². The molecule has 0 aliphatic rings. The van der Waals surface area contributed by atoms with E-state index < -0.39 is 0 Å². The molecule has 0 amide bonds. The summed E-state index contributed by atoms with van der Waals surface area (Å²) in [6.45, 7) is 4.51. The Morgan fingerprint density at radius 1 is 1.43 bits per heavy atom. The molecule has 0 aliphatic heterocycles. The molecule has 0 bridgehead atoms. The van der Waals surface area contributed by atoms with Gasteiger partial charge < -0.3 is 10.5 Å². The minimum atomic E-state index is -0.328. The van der Waals surface area contributed by atoms with Crippen LogP contribution in [0, 0.1) is 0 Å². The summed E-state index contributed by atoms with van der Waals surface area (Å²) >= 11 is 5.98. The van der Waals surface area contributed by atoms with E-state index in [-0.39, 0.29) is 5.60 Å². The summed E-state index contributed by atoms with van der Waals surface area (Å²) in [4.78, 5) is 0. The number of rotatable bonds is 4. The summed E-state index contributed by atoms with van der Waals surface area (Å²) < 4.78 is 5.77. The molecule has 1 aromatic carbocycles. The van der Waals surface area contributed by atoms with Crippen molar-refractivity contribution in [3.8, 4) is 5.75 Å². The number of hydrogen-bond acceptors (Lipinski definition) is 2. The molecule has 0 heterocycles. The molecule has 0 saturated carbocycles. The van der Waals surface area contributed by atoms with E-state index in [2.05, 4.69) is 0 Å². The summed E-state index contributed by atoms with van der Waals surface area (Å²) in [7, 11) is 0. The van der Waals surface area contributed by atoms with Crippen LogP contribution >= 0.6 is 11.6 Å². The average Bonchev–Trinajstić information content (AvgIpc) is 2.21. The van der Waals surface area contributed by atoms with Crippen LogP contribution in [0.4, 0.5) is 0 Å². The van der Waals surface area contributed by atoms with Gasteiger partial charge in [-0.2, -0.15) is 0 Å². The van der Waals surface area contributed by atoms with Crippen LogP contribution in [0.3, 0.4) is 0 Å². The second-order valence-electron chi connectivity index (χ2n) is 3.54. The van der Waals surface area contributed by atoms with Crippen LogP contribution in [-0.4, -0.2) is 12.1 Å². The monoisotopic (exact) mass is 213 g/mol. The molecule has 2 nitrogen and oxygen atoms in total. The van der Waals surface area contributed by atoms with Gasteiger partial charge in [-0.1, -0.05) is 30.7 Å². The molecule has 1 atom stereocenters. The average molecular weight is 214 g/mol. The second kappa shape index (κ2) is 4.67. The predicted molar refractivity (Wildman–Crippen MR) is 59.8 cm³/mol. The van der Waals surface area contributed by atoms with E-state index in [0.717, 1.165) is 6.42 Å². The highest BCUT2D eigenvalue weighted by atomic mass is 35.5. The Balaban J connectivity index is 2.82. The van der Waals surface area contributed by atoms with Crippen molar-refractivity contribution in [2.45, 2.75) is 25.9 Å². The zero-order valence-corrected chi connectivity index (χ0v) is 9.34. The quantitative estimate of drug-likeness (QED) is 0.835. The Hall–Kier alpha value is -0.730. The summed E-state index contributed by atoms with van der Waals surface area (Å²) in [5.41, 5.74) is 5.32. The lowest BCUT2D eigenvalue weighted by molar-refractivity contribution is 0.0936. The molecule has 0 saturated heterocycles. The molecule has 3 heteroatoms. The molecule has 1 rings (SSSR count). The Bertz CT molecular complexity index is 297. The first-order chi connectivity index (χ1) is 6.61. The molecule has 1 aromatic rings. The van der Waals surface area contributed by atoms with Crippen molar-refractivity contribution in [2.24, 2.45) is 5.73 Å². The SMILES string of the molecule is CCC(C)(CN)Oc1ccccc1Cl.